The number of halogens is 8. The number of rotatable bonds is 3. The third-order valence-corrected chi connectivity index (χ3v) is 1.11. The van der Waals surface area contributed by atoms with Gasteiger partial charge in [0.25, 0.3) is 6.43 Å². The van der Waals surface area contributed by atoms with Crippen molar-refractivity contribution < 1.29 is 35.1 Å². The van der Waals surface area contributed by atoms with E-state index in [4.69, 9.17) is 0 Å². The van der Waals surface area contributed by atoms with E-state index in [1.54, 1.807) is 0 Å². The van der Waals surface area contributed by atoms with Crippen molar-refractivity contribution in [1.29, 1.82) is 0 Å². The molecule has 1 unspecified atom stereocenters. The third-order valence-electron chi connectivity index (χ3n) is 1.11. The molecule has 0 saturated carbocycles. The molecule has 0 rings (SSSR count). The fourth-order valence-electron chi connectivity index (χ4n) is 0.391. The van der Waals surface area contributed by atoms with Crippen molar-refractivity contribution in [3.05, 3.63) is 12.2 Å². The summed E-state index contributed by atoms with van der Waals surface area (Å²) in [6, 6.07) is 0. The van der Waals surface area contributed by atoms with Gasteiger partial charge < -0.3 is 0 Å². The topological polar surface area (TPSA) is 0 Å². The molecule has 0 aromatic carbocycles. The van der Waals surface area contributed by atoms with Crippen LogP contribution < -0.4 is 0 Å². The molecule has 0 aliphatic heterocycles. The molecule has 0 amide bonds. The van der Waals surface area contributed by atoms with Gasteiger partial charge >= 0.3 is 12.1 Å². The molecule has 8 heteroatoms. The first-order valence-electron chi connectivity index (χ1n) is 3.14. The van der Waals surface area contributed by atoms with Crippen LogP contribution in [-0.4, -0.2) is 24.7 Å². The van der Waals surface area contributed by atoms with Crippen LogP contribution in [0.25, 0.3) is 0 Å². The Morgan fingerprint density at radius 2 is 1.29 bits per heavy atom. The molecule has 0 aliphatic carbocycles. The Morgan fingerprint density at radius 3 is 1.57 bits per heavy atom. The fourth-order valence-corrected chi connectivity index (χ4v) is 0.391. The third kappa shape index (κ3) is 3.51. The first-order chi connectivity index (χ1) is 6.08. The zero-order chi connectivity index (χ0) is 11.6. The minimum atomic E-state index is -5.91. The predicted octanol–water partition coefficient (Wildman–Crippen LogP) is 3.34. The molecule has 0 radical (unpaired) electrons. The lowest BCUT2D eigenvalue weighted by Crippen LogP contribution is -2.34. The van der Waals surface area contributed by atoms with Crippen LogP contribution in [0.4, 0.5) is 35.1 Å². The molecule has 0 aromatic rings. The van der Waals surface area contributed by atoms with Crippen LogP contribution in [0.3, 0.4) is 0 Å². The van der Waals surface area contributed by atoms with Crippen molar-refractivity contribution in [3.8, 4) is 0 Å². The molecule has 0 N–H and O–H groups in total. The van der Waals surface area contributed by atoms with Gasteiger partial charge in [0.2, 0.25) is 0 Å². The van der Waals surface area contributed by atoms with Crippen LogP contribution in [0.1, 0.15) is 0 Å². The highest BCUT2D eigenvalue weighted by atomic mass is 19.4. The van der Waals surface area contributed by atoms with Crippen LogP contribution in [0.15, 0.2) is 12.2 Å². The van der Waals surface area contributed by atoms with Crippen LogP contribution >= 0.6 is 0 Å². The molecule has 0 nitrogen and oxygen atoms in total. The van der Waals surface area contributed by atoms with E-state index < -0.39 is 36.8 Å². The van der Waals surface area contributed by atoms with Crippen LogP contribution in [-0.2, 0) is 0 Å². The lowest BCUT2D eigenvalue weighted by molar-refractivity contribution is -0.259. The quantitative estimate of drug-likeness (QED) is 0.513. The molecular weight excluding hydrogens is 224 g/mol. The Bertz CT molecular complexity index is 202. The molecule has 0 saturated heterocycles. The highest BCUT2D eigenvalue weighted by Crippen LogP contribution is 2.36. The zero-order valence-electron chi connectivity index (χ0n) is 6.33. The fraction of sp³-hybridized carbons (Fsp3) is 0.667. The second-order valence-corrected chi connectivity index (χ2v) is 2.26. The van der Waals surface area contributed by atoms with Gasteiger partial charge in [-0.2, -0.15) is 22.0 Å². The maximum atomic E-state index is 11.9. The summed E-state index contributed by atoms with van der Waals surface area (Å²) in [6.07, 6.45) is -14.1. The summed E-state index contributed by atoms with van der Waals surface area (Å²) in [7, 11) is 0. The van der Waals surface area contributed by atoms with E-state index in [-0.39, 0.29) is 0 Å². The van der Waals surface area contributed by atoms with Gasteiger partial charge in [0.05, 0.1) is 0 Å². The highest BCUT2D eigenvalue weighted by molar-refractivity contribution is 5.02. The molecule has 0 spiro atoms. The minimum Gasteiger partial charge on any atom is -0.237 e. The Hall–Kier alpha value is -0.820. The summed E-state index contributed by atoms with van der Waals surface area (Å²) < 4.78 is 92.6. The van der Waals surface area contributed by atoms with Gasteiger partial charge in [-0.1, -0.05) is 0 Å². The van der Waals surface area contributed by atoms with E-state index in [2.05, 4.69) is 0 Å². The van der Waals surface area contributed by atoms with Crippen LogP contribution in [0, 0.1) is 0 Å². The Kier molecular flexibility index (Phi) is 3.90. The Balaban J connectivity index is 4.51. The summed E-state index contributed by atoms with van der Waals surface area (Å²) in [4.78, 5) is 0. The van der Waals surface area contributed by atoms with E-state index in [0.29, 0.717) is 0 Å². The van der Waals surface area contributed by atoms with E-state index in [1.807, 2.05) is 0 Å². The maximum absolute atomic E-state index is 11.9. The van der Waals surface area contributed by atoms with Crippen molar-refractivity contribution >= 4 is 0 Å². The van der Waals surface area contributed by atoms with E-state index >= 15 is 0 Å². The SMILES string of the molecule is FC(F)C(F)C=CC(F)(F)C(F)(F)F. The van der Waals surface area contributed by atoms with Crippen molar-refractivity contribution in [2.24, 2.45) is 0 Å². The van der Waals surface area contributed by atoms with Crippen molar-refractivity contribution in [1.82, 2.24) is 0 Å². The van der Waals surface area contributed by atoms with E-state index in [9.17, 15) is 35.1 Å². The first kappa shape index (κ1) is 13.2. The second-order valence-electron chi connectivity index (χ2n) is 2.26. The molecule has 0 bridgehead atoms. The molecular formula is C6H4F8. The number of hydrogen-bond donors (Lipinski definition) is 0. The maximum Gasteiger partial charge on any atom is 0.457 e. The lowest BCUT2D eigenvalue weighted by Gasteiger charge is -2.15. The van der Waals surface area contributed by atoms with Gasteiger partial charge in [-0.3, -0.25) is 0 Å². The van der Waals surface area contributed by atoms with Crippen molar-refractivity contribution in [2.75, 3.05) is 0 Å². The minimum absolute atomic E-state index is 0.516. The molecule has 0 fully saturated rings. The van der Waals surface area contributed by atoms with Gasteiger partial charge in [0, 0.05) is 0 Å². The molecule has 0 aromatic heterocycles. The first-order valence-corrected chi connectivity index (χ1v) is 3.14. The molecule has 84 valence electrons. The van der Waals surface area contributed by atoms with E-state index in [1.165, 1.54) is 0 Å². The largest absolute Gasteiger partial charge is 0.457 e. The molecule has 14 heavy (non-hydrogen) atoms. The zero-order valence-corrected chi connectivity index (χ0v) is 6.33. The van der Waals surface area contributed by atoms with Gasteiger partial charge in [0.1, 0.15) is 0 Å². The van der Waals surface area contributed by atoms with Crippen LogP contribution in [0.5, 0.6) is 0 Å². The normalized spacial score (nSPS) is 16.6. The van der Waals surface area contributed by atoms with E-state index in [0.717, 1.165) is 0 Å². The smallest absolute Gasteiger partial charge is 0.237 e. The molecule has 1 atom stereocenters. The van der Waals surface area contributed by atoms with Crippen molar-refractivity contribution in [2.45, 2.75) is 24.7 Å². The van der Waals surface area contributed by atoms with Gasteiger partial charge in [0.15, 0.2) is 6.17 Å². The average Bonchev–Trinajstić information content (AvgIpc) is 1.97. The summed E-state index contributed by atoms with van der Waals surface area (Å²) in [5, 5.41) is 0. The molecule has 0 heterocycles. The predicted molar refractivity (Wildman–Crippen MR) is 31.0 cm³/mol. The average molecular weight is 228 g/mol. The van der Waals surface area contributed by atoms with Gasteiger partial charge in [-0.25, -0.2) is 13.2 Å². The van der Waals surface area contributed by atoms with Gasteiger partial charge in [-0.15, -0.1) is 0 Å². The monoisotopic (exact) mass is 228 g/mol. The highest BCUT2D eigenvalue weighted by Gasteiger charge is 2.55. The van der Waals surface area contributed by atoms with Crippen molar-refractivity contribution in [3.63, 3.8) is 0 Å². The number of alkyl halides is 8. The lowest BCUT2D eigenvalue weighted by atomic mass is 10.2. The summed E-state index contributed by atoms with van der Waals surface area (Å²) in [6.45, 7) is 0. The summed E-state index contributed by atoms with van der Waals surface area (Å²) in [5.41, 5.74) is 0. The van der Waals surface area contributed by atoms with Gasteiger partial charge in [-0.05, 0) is 12.2 Å². The van der Waals surface area contributed by atoms with Crippen LogP contribution in [0.2, 0.25) is 0 Å². The number of allylic oxidation sites excluding steroid dienone is 2. The Morgan fingerprint density at radius 1 is 0.857 bits per heavy atom. The molecule has 0 aliphatic rings. The Labute approximate surface area is 73.2 Å². The second kappa shape index (κ2) is 4.14. The summed E-state index contributed by atoms with van der Waals surface area (Å²) in [5.74, 6) is -5.30. The summed E-state index contributed by atoms with van der Waals surface area (Å²) >= 11 is 0. The standard InChI is InChI=1S/C6H4F8/c7-3(4(8)9)1-2-5(10,11)6(12,13)14/h1-4H. The number of hydrogen-bond acceptors (Lipinski definition) is 0.